The van der Waals surface area contributed by atoms with Crippen LogP contribution >= 0.6 is 23.4 Å². The maximum atomic E-state index is 13.4. The zero-order chi connectivity index (χ0) is 20.3. The molecule has 2 aromatic carbocycles. The first-order chi connectivity index (χ1) is 13.4. The fraction of sp³-hybridized carbons (Fsp3) is 0.333. The first-order valence-electron chi connectivity index (χ1n) is 9.17. The van der Waals surface area contributed by atoms with E-state index >= 15 is 0 Å². The van der Waals surface area contributed by atoms with E-state index in [-0.39, 0.29) is 23.7 Å². The number of amides is 2. The van der Waals surface area contributed by atoms with E-state index in [0.29, 0.717) is 16.3 Å². The molecule has 3 atom stereocenters. The Labute approximate surface area is 173 Å². The van der Waals surface area contributed by atoms with Crippen molar-refractivity contribution >= 4 is 35.2 Å². The smallest absolute Gasteiger partial charge is 0.257 e. The minimum Gasteiger partial charge on any atom is -0.352 e. The number of benzene rings is 2. The Morgan fingerprint density at radius 2 is 1.93 bits per heavy atom. The summed E-state index contributed by atoms with van der Waals surface area (Å²) in [7, 11) is 0. The molecular weight excluding hydrogens is 399 g/mol. The molecule has 0 aromatic heterocycles. The zero-order valence-electron chi connectivity index (χ0n) is 15.7. The highest BCUT2D eigenvalue weighted by Gasteiger charge is 2.43. The normalized spacial score (nSPS) is 20.1. The Morgan fingerprint density at radius 1 is 1.25 bits per heavy atom. The van der Waals surface area contributed by atoms with Gasteiger partial charge < -0.3 is 10.2 Å². The summed E-state index contributed by atoms with van der Waals surface area (Å²) >= 11 is 7.73. The van der Waals surface area contributed by atoms with Crippen molar-refractivity contribution in [2.45, 2.75) is 37.7 Å². The van der Waals surface area contributed by atoms with Crippen molar-refractivity contribution in [3.8, 4) is 0 Å². The van der Waals surface area contributed by atoms with Crippen LogP contribution < -0.4 is 5.32 Å². The van der Waals surface area contributed by atoms with E-state index in [2.05, 4.69) is 5.32 Å². The van der Waals surface area contributed by atoms with Gasteiger partial charge in [-0.15, -0.1) is 11.8 Å². The molecule has 0 aliphatic carbocycles. The van der Waals surface area contributed by atoms with E-state index in [9.17, 15) is 14.0 Å². The van der Waals surface area contributed by atoms with E-state index in [1.807, 2.05) is 13.8 Å². The molecule has 1 aliphatic rings. The number of thioether (sulfide) groups is 1. The van der Waals surface area contributed by atoms with E-state index in [4.69, 9.17) is 11.6 Å². The number of nitrogens with zero attached hydrogens (tertiary/aromatic N) is 1. The van der Waals surface area contributed by atoms with Crippen molar-refractivity contribution in [1.82, 2.24) is 10.2 Å². The quantitative estimate of drug-likeness (QED) is 0.765. The first kappa shape index (κ1) is 20.7. The summed E-state index contributed by atoms with van der Waals surface area (Å²) in [6.45, 7) is 3.92. The summed E-state index contributed by atoms with van der Waals surface area (Å²) in [6.07, 6.45) is 0.797. The van der Waals surface area contributed by atoms with Gasteiger partial charge >= 0.3 is 0 Å². The van der Waals surface area contributed by atoms with Crippen molar-refractivity contribution in [2.75, 3.05) is 5.75 Å². The van der Waals surface area contributed by atoms with Gasteiger partial charge in [-0.05, 0) is 43.2 Å². The van der Waals surface area contributed by atoms with E-state index in [0.717, 1.165) is 12.0 Å². The van der Waals surface area contributed by atoms with Gasteiger partial charge in [-0.2, -0.15) is 0 Å². The van der Waals surface area contributed by atoms with Gasteiger partial charge in [0.15, 0.2) is 0 Å². The molecule has 1 aliphatic heterocycles. The molecule has 1 fully saturated rings. The third kappa shape index (κ3) is 4.33. The molecule has 2 amide bonds. The van der Waals surface area contributed by atoms with Crippen LogP contribution in [-0.2, 0) is 4.79 Å². The number of hydrogen-bond donors (Lipinski definition) is 1. The zero-order valence-corrected chi connectivity index (χ0v) is 17.3. The van der Waals surface area contributed by atoms with Crippen molar-refractivity contribution in [3.05, 3.63) is 70.5 Å². The molecular formula is C21H22ClFN2O2S. The van der Waals surface area contributed by atoms with Crippen LogP contribution in [0.1, 0.15) is 41.6 Å². The summed E-state index contributed by atoms with van der Waals surface area (Å²) in [6, 6.07) is 12.2. The summed E-state index contributed by atoms with van der Waals surface area (Å²) in [5, 5.41) is 2.91. The highest BCUT2D eigenvalue weighted by atomic mass is 35.5. The molecule has 148 valence electrons. The molecule has 1 N–H and O–H groups in total. The number of carbonyl (C=O) groups excluding carboxylic acids is 2. The molecule has 0 radical (unpaired) electrons. The minimum absolute atomic E-state index is 0.0136. The number of rotatable bonds is 5. The van der Waals surface area contributed by atoms with Gasteiger partial charge in [0.2, 0.25) is 5.91 Å². The number of halogens is 2. The van der Waals surface area contributed by atoms with Crippen LogP contribution in [0.25, 0.3) is 0 Å². The van der Waals surface area contributed by atoms with Crippen LogP contribution in [0, 0.1) is 5.82 Å². The predicted octanol–water partition coefficient (Wildman–Crippen LogP) is 4.65. The predicted molar refractivity (Wildman–Crippen MR) is 111 cm³/mol. The molecule has 1 saturated heterocycles. The van der Waals surface area contributed by atoms with Crippen molar-refractivity contribution < 1.29 is 14.0 Å². The van der Waals surface area contributed by atoms with Crippen molar-refractivity contribution in [2.24, 2.45) is 0 Å². The summed E-state index contributed by atoms with van der Waals surface area (Å²) in [5.41, 5.74) is 1.12. The van der Waals surface area contributed by atoms with Gasteiger partial charge in [0.05, 0.1) is 10.6 Å². The highest BCUT2D eigenvalue weighted by molar-refractivity contribution is 7.99. The molecule has 0 bridgehead atoms. The number of nitrogens with one attached hydrogen (secondary N) is 1. The molecule has 0 unspecified atom stereocenters. The Bertz CT molecular complexity index is 862. The summed E-state index contributed by atoms with van der Waals surface area (Å²) in [4.78, 5) is 27.8. The standard InChI is InChI=1S/C21H22ClFN2O2S/c1-3-13(2)24-19(26)18-12-28-21(14-8-10-15(23)11-9-14)25(18)20(27)16-6-4-5-7-17(16)22/h4-11,13,18,21H,3,12H2,1-2H3,(H,24,26)/t13-,18-,21-/m1/s1. The molecule has 0 spiro atoms. The monoisotopic (exact) mass is 420 g/mol. The molecule has 7 heteroatoms. The summed E-state index contributed by atoms with van der Waals surface area (Å²) in [5.74, 6) is -0.386. The number of hydrogen-bond acceptors (Lipinski definition) is 3. The van der Waals surface area contributed by atoms with Gasteiger partial charge in [-0.3, -0.25) is 9.59 Å². The fourth-order valence-electron chi connectivity index (χ4n) is 3.06. The molecule has 0 saturated carbocycles. The maximum absolute atomic E-state index is 13.4. The van der Waals surface area contributed by atoms with Gasteiger partial charge in [-0.25, -0.2) is 4.39 Å². The van der Waals surface area contributed by atoms with Crippen LogP contribution in [0.4, 0.5) is 4.39 Å². The van der Waals surface area contributed by atoms with E-state index in [1.54, 1.807) is 41.3 Å². The molecule has 3 rings (SSSR count). The van der Waals surface area contributed by atoms with Crippen LogP contribution in [-0.4, -0.2) is 34.6 Å². The second-order valence-corrected chi connectivity index (χ2v) is 8.28. The van der Waals surface area contributed by atoms with Crippen LogP contribution in [0.2, 0.25) is 5.02 Å². The van der Waals surface area contributed by atoms with Crippen molar-refractivity contribution in [1.29, 1.82) is 0 Å². The second-order valence-electron chi connectivity index (χ2n) is 6.76. The maximum Gasteiger partial charge on any atom is 0.257 e. The van der Waals surface area contributed by atoms with Crippen LogP contribution in [0.3, 0.4) is 0 Å². The molecule has 1 heterocycles. The fourth-order valence-corrected chi connectivity index (χ4v) is 4.70. The molecule has 4 nitrogen and oxygen atoms in total. The topological polar surface area (TPSA) is 49.4 Å². The third-order valence-electron chi connectivity index (χ3n) is 4.80. The largest absolute Gasteiger partial charge is 0.352 e. The average molecular weight is 421 g/mol. The van der Waals surface area contributed by atoms with Crippen molar-refractivity contribution in [3.63, 3.8) is 0 Å². The Kier molecular flexibility index (Phi) is 6.62. The molecule has 2 aromatic rings. The first-order valence-corrected chi connectivity index (χ1v) is 10.6. The van der Waals surface area contributed by atoms with Crippen LogP contribution in [0.5, 0.6) is 0 Å². The van der Waals surface area contributed by atoms with Gasteiger partial charge in [0.25, 0.3) is 5.91 Å². The van der Waals surface area contributed by atoms with Gasteiger partial charge in [-0.1, -0.05) is 42.8 Å². The lowest BCUT2D eigenvalue weighted by Crippen LogP contribution is -2.49. The Hall–Kier alpha value is -2.05. The highest BCUT2D eigenvalue weighted by Crippen LogP contribution is 2.42. The lowest BCUT2D eigenvalue weighted by molar-refractivity contribution is -0.125. The van der Waals surface area contributed by atoms with E-state index < -0.39 is 11.4 Å². The van der Waals surface area contributed by atoms with Gasteiger partial charge in [0.1, 0.15) is 17.2 Å². The lowest BCUT2D eigenvalue weighted by Gasteiger charge is -2.30. The van der Waals surface area contributed by atoms with E-state index in [1.165, 1.54) is 23.9 Å². The van der Waals surface area contributed by atoms with Gasteiger partial charge in [0, 0.05) is 11.8 Å². The average Bonchev–Trinajstić information content (AvgIpc) is 3.13. The minimum atomic E-state index is -0.627. The Morgan fingerprint density at radius 3 is 2.57 bits per heavy atom. The number of carbonyl (C=O) groups is 2. The van der Waals surface area contributed by atoms with Crippen LogP contribution in [0.15, 0.2) is 48.5 Å². The molecule has 28 heavy (non-hydrogen) atoms. The Balaban J connectivity index is 1.96. The second kappa shape index (κ2) is 8.97. The summed E-state index contributed by atoms with van der Waals surface area (Å²) < 4.78 is 13.4. The third-order valence-corrected chi connectivity index (χ3v) is 6.45. The SMILES string of the molecule is CC[C@@H](C)NC(=O)[C@H]1CS[C@H](c2ccc(F)cc2)N1C(=O)c1ccccc1Cl. The lowest BCUT2D eigenvalue weighted by atomic mass is 10.1.